The first-order chi connectivity index (χ1) is 42.7. The molecule has 22 nitrogen and oxygen atoms in total. The number of nitrogens with zero attached hydrogens (tertiary/aromatic N) is 9. The van der Waals surface area contributed by atoms with Crippen LogP contribution < -0.4 is 136 Å². The van der Waals surface area contributed by atoms with Gasteiger partial charge in [0.15, 0.2) is 0 Å². The SMILES string of the molecule is C.C.C.C.COC(=O)C(Br)c1ccccc1.COC(=O)C(Oc1ccc(Br)cc1-n1nc2ccccc2n1)c1ccccc1.O=C(O)C(Oc1ccc(Br)cc1-n1nc2ccccc2n1)c1ccccc1.O=CO[O-].Oc1ccc(Br)cc1-n1nc2ccccc2n1.[H-].[K+].[K+].[Li+].[OH-]. The predicted octanol–water partition coefficient (Wildman–Crippen LogP) is 5.97. The molecule has 96 heavy (non-hydrogen) atoms. The van der Waals surface area contributed by atoms with Gasteiger partial charge in [-0.3, -0.25) is 9.59 Å². The van der Waals surface area contributed by atoms with Gasteiger partial charge in [-0.25, -0.2) is 9.59 Å². The van der Waals surface area contributed by atoms with Crippen LogP contribution in [0.2, 0.25) is 0 Å². The van der Waals surface area contributed by atoms with Gasteiger partial charge in [0, 0.05) is 24.5 Å². The largest absolute Gasteiger partial charge is 1.00 e. The number of carbonyl (C=O) groups is 4. The number of fused-ring (bicyclic) bond motifs is 3. The van der Waals surface area contributed by atoms with Gasteiger partial charge < -0.3 is 46.2 Å². The number of aliphatic carboxylic acids is 1. The Bertz CT molecular complexity index is 4230. The Labute approximate surface area is 687 Å². The summed E-state index contributed by atoms with van der Waals surface area (Å²) in [6.07, 6.45) is -2.05. The van der Waals surface area contributed by atoms with E-state index in [1.807, 2.05) is 152 Å². The number of methoxy groups -OCH3 is 2. The number of carbonyl (C=O) groups excluding carboxylic acids is 3. The van der Waals surface area contributed by atoms with E-state index < -0.39 is 24.1 Å². The fraction of sp³-hybridized carbons (Fsp3) is 0.134. The number of aromatic nitrogens is 9. The van der Waals surface area contributed by atoms with E-state index in [1.165, 1.54) is 28.6 Å². The molecule has 12 aromatic rings. The molecular formula is C67H66Br4K2LiN9O13. The van der Waals surface area contributed by atoms with Crippen molar-refractivity contribution < 1.29 is 187 Å². The standard InChI is InChI=1S/C21H16BrN3O3.C20H14BrN3O3.C12H8BrN3O.C9H9BrO2.CH2O3.4CH4.2K.Li.H2O.H/c1-27-21(26)20(14-7-3-2-4-8-14)28-19-12-11-15(22)13-18(19)25-23-16-9-5-6-10-17(16)24-25;21-14-10-11-18(27-19(20(25)26)13-6-2-1-3-7-13)17(12-14)24-22-15-8-4-5-9-16(15)23-24;13-8-5-6-12(17)11(7-8)16-14-9-3-1-2-4-10(9)15-16;1-12-9(11)8(10)7-5-3-2-4-6-7;2-1-4-3;;;;;;;;;/h2-13,20H,1H3;1-12,19H,(H,25,26);1-7,17H;2-6,8H,1H3;1,3H;4*1H4;;;;1H2;/q;;;;;;;;;3*+1;;-1/p-2. The maximum atomic E-state index is 12.4. The van der Waals surface area contributed by atoms with E-state index in [2.05, 4.69) is 104 Å². The summed E-state index contributed by atoms with van der Waals surface area (Å²) < 4.78 is 24.0. The molecule has 0 aliphatic rings. The first-order valence-electron chi connectivity index (χ1n) is 26.0. The molecule has 3 N–H and O–H groups in total. The van der Waals surface area contributed by atoms with Crippen LogP contribution in [0.15, 0.2) is 232 Å². The number of benzene rings is 9. The maximum Gasteiger partial charge on any atom is 1.00 e. The van der Waals surface area contributed by atoms with Gasteiger partial charge in [0.05, 0.1) is 14.2 Å². The zero-order valence-electron chi connectivity index (χ0n) is 50.6. The van der Waals surface area contributed by atoms with E-state index in [-0.39, 0.29) is 181 Å². The summed E-state index contributed by atoms with van der Waals surface area (Å²) in [6.45, 7) is -0.181. The summed E-state index contributed by atoms with van der Waals surface area (Å²) in [6, 6.07) is 66.0. The van der Waals surface area contributed by atoms with Crippen LogP contribution >= 0.6 is 63.7 Å². The summed E-state index contributed by atoms with van der Waals surface area (Å²) in [5, 5.41) is 54.5. The minimum atomic E-state index is -1.14. The van der Waals surface area contributed by atoms with Crippen molar-refractivity contribution in [1.82, 2.24) is 45.0 Å². The van der Waals surface area contributed by atoms with Crippen molar-refractivity contribution in [2.75, 3.05) is 14.2 Å². The van der Waals surface area contributed by atoms with Gasteiger partial charge in [-0.2, -0.15) is 0 Å². The van der Waals surface area contributed by atoms with E-state index >= 15 is 0 Å². The molecule has 29 heteroatoms. The third-order valence-electron chi connectivity index (χ3n) is 12.2. The molecule has 0 bridgehead atoms. The molecule has 0 radical (unpaired) electrons. The molecule has 0 fully saturated rings. The Hall–Kier alpha value is -5.83. The number of hydrogen-bond donors (Lipinski definition) is 2. The summed E-state index contributed by atoms with van der Waals surface area (Å²) in [7, 11) is 2.71. The smallest absolute Gasteiger partial charge is 1.00 e. The van der Waals surface area contributed by atoms with Crippen LogP contribution in [0.25, 0.3) is 50.2 Å². The first kappa shape index (κ1) is 90.2. The molecule has 0 aliphatic heterocycles. The summed E-state index contributed by atoms with van der Waals surface area (Å²) in [5.41, 5.74) is 8.46. The minimum absolute atomic E-state index is 0. The van der Waals surface area contributed by atoms with Crippen LogP contribution in [0.1, 0.15) is 64.9 Å². The summed E-state index contributed by atoms with van der Waals surface area (Å²) in [5.74, 6) is -0.862. The van der Waals surface area contributed by atoms with Crippen LogP contribution in [0.3, 0.4) is 0 Å². The number of ether oxygens (including phenoxy) is 4. The van der Waals surface area contributed by atoms with Crippen LogP contribution in [-0.2, 0) is 33.5 Å². The summed E-state index contributed by atoms with van der Waals surface area (Å²) in [4.78, 5) is 50.5. The summed E-state index contributed by atoms with van der Waals surface area (Å²) >= 11 is 13.5. The fourth-order valence-corrected chi connectivity index (χ4v) is 9.58. The van der Waals surface area contributed by atoms with Gasteiger partial charge in [0.25, 0.3) is 6.47 Å². The number of esters is 2. The Morgan fingerprint density at radius 2 is 0.750 bits per heavy atom. The number of halogens is 4. The average molecular weight is 1610 g/mol. The molecule has 3 aromatic heterocycles. The van der Waals surface area contributed by atoms with Gasteiger partial charge >= 0.3 is 140 Å². The fourth-order valence-electron chi connectivity index (χ4n) is 8.04. The number of hydrogen-bond acceptors (Lipinski definition) is 18. The monoisotopic (exact) mass is 1610 g/mol. The zero-order chi connectivity index (χ0) is 62.5. The normalized spacial score (nSPS) is 10.5. The average Bonchev–Trinajstić information content (AvgIpc) is 1.71. The molecular weight excluding hydrogens is 1540 g/mol. The van der Waals surface area contributed by atoms with Crippen molar-refractivity contribution in [3.63, 3.8) is 0 Å². The Kier molecular flexibility index (Phi) is 42.9. The van der Waals surface area contributed by atoms with Crippen molar-refractivity contribution in [2.24, 2.45) is 0 Å². The molecule has 488 valence electrons. The molecule has 12 rings (SSSR count). The first-order valence-corrected chi connectivity index (χ1v) is 29.3. The Balaban J connectivity index is 0. The third-order valence-corrected chi connectivity index (χ3v) is 14.5. The number of alkyl halides is 1. The van der Waals surface area contributed by atoms with Crippen LogP contribution in [0.5, 0.6) is 17.2 Å². The second kappa shape index (κ2) is 45.7. The van der Waals surface area contributed by atoms with E-state index in [9.17, 15) is 24.6 Å². The van der Waals surface area contributed by atoms with Crippen molar-refractivity contribution in [3.05, 3.63) is 248 Å². The number of phenols is 1. The number of carboxylic acid groups (broad SMARTS) is 1. The number of phenolic OH excluding ortho intramolecular Hbond substituents is 1. The number of rotatable bonds is 14. The topological polar surface area (TPSA) is 300 Å². The Morgan fingerprint density at radius 3 is 1.07 bits per heavy atom. The second-order valence-corrected chi connectivity index (χ2v) is 21.6. The third kappa shape index (κ3) is 25.2. The second-order valence-electron chi connectivity index (χ2n) is 18.0. The minimum Gasteiger partial charge on any atom is -1.00 e. The molecule has 0 aliphatic carbocycles. The molecule has 3 unspecified atom stereocenters. The molecule has 3 atom stereocenters. The van der Waals surface area contributed by atoms with Crippen molar-refractivity contribution >= 4 is 121 Å². The van der Waals surface area contributed by atoms with E-state index in [0.717, 1.165) is 52.1 Å². The molecule has 0 spiro atoms. The number of aromatic hydroxyl groups is 1. The maximum absolute atomic E-state index is 12.4. The van der Waals surface area contributed by atoms with Gasteiger partial charge in [-0.1, -0.05) is 221 Å². The van der Waals surface area contributed by atoms with Crippen molar-refractivity contribution in [3.8, 4) is 34.3 Å². The number of carboxylic acids is 1. The van der Waals surface area contributed by atoms with E-state index in [4.69, 9.17) is 24.3 Å². The van der Waals surface area contributed by atoms with Crippen molar-refractivity contribution in [2.45, 2.75) is 46.7 Å². The molecule has 0 amide bonds. The van der Waals surface area contributed by atoms with Gasteiger partial charge in [-0.15, -0.1) is 45.0 Å². The molecule has 9 aromatic carbocycles. The Morgan fingerprint density at radius 1 is 0.469 bits per heavy atom. The quantitative estimate of drug-likeness (QED) is 0.0316. The van der Waals surface area contributed by atoms with Gasteiger partial charge in [-0.05, 0) is 96.6 Å². The van der Waals surface area contributed by atoms with Gasteiger partial charge in [0.1, 0.15) is 72.2 Å². The van der Waals surface area contributed by atoms with Crippen LogP contribution in [0.4, 0.5) is 0 Å². The van der Waals surface area contributed by atoms with E-state index in [1.54, 1.807) is 66.7 Å². The predicted molar refractivity (Wildman–Crippen MR) is 368 cm³/mol. The van der Waals surface area contributed by atoms with Crippen molar-refractivity contribution in [1.29, 1.82) is 0 Å². The van der Waals surface area contributed by atoms with Gasteiger partial charge in [0.2, 0.25) is 12.2 Å². The molecule has 0 saturated carbocycles. The molecule has 3 heterocycles. The van der Waals surface area contributed by atoms with Crippen LogP contribution in [-0.4, -0.2) is 99.3 Å². The van der Waals surface area contributed by atoms with Crippen LogP contribution in [0, 0.1) is 0 Å². The van der Waals surface area contributed by atoms with E-state index in [0.29, 0.717) is 39.7 Å². The molecule has 0 saturated heterocycles. The zero-order valence-corrected chi connectivity index (χ0v) is 62.1.